The molecule has 3 saturated carbocycles. The minimum Gasteiger partial charge on any atom is -0.313 e. The Balaban J connectivity index is 1.29. The molecule has 0 heterocycles. The van der Waals surface area contributed by atoms with Crippen molar-refractivity contribution in [1.82, 2.24) is 10.6 Å². The Labute approximate surface area is 99.6 Å². The second kappa shape index (κ2) is 5.05. The van der Waals surface area contributed by atoms with Crippen molar-refractivity contribution in [1.29, 1.82) is 0 Å². The average molecular weight is 222 g/mol. The summed E-state index contributed by atoms with van der Waals surface area (Å²) >= 11 is 0. The van der Waals surface area contributed by atoms with Crippen LogP contribution in [0.25, 0.3) is 0 Å². The SMILES string of the molecule is C1CCC(NCCNC(C2CC2)C2CC2)C1. The smallest absolute Gasteiger partial charge is 0.0124 e. The molecule has 0 aromatic heterocycles. The summed E-state index contributed by atoms with van der Waals surface area (Å²) in [6, 6.07) is 1.72. The highest BCUT2D eigenvalue weighted by atomic mass is 15.0. The molecule has 3 rings (SSSR count). The van der Waals surface area contributed by atoms with Crippen LogP contribution in [0, 0.1) is 11.8 Å². The highest BCUT2D eigenvalue weighted by molar-refractivity contribution is 4.96. The maximum atomic E-state index is 3.81. The second-order valence-corrected chi connectivity index (χ2v) is 6.09. The largest absolute Gasteiger partial charge is 0.313 e. The van der Waals surface area contributed by atoms with Crippen molar-refractivity contribution in [3.8, 4) is 0 Å². The van der Waals surface area contributed by atoms with Crippen LogP contribution in [0.3, 0.4) is 0 Å². The number of hydrogen-bond acceptors (Lipinski definition) is 2. The van der Waals surface area contributed by atoms with E-state index in [2.05, 4.69) is 10.6 Å². The molecule has 3 fully saturated rings. The molecule has 0 atom stereocenters. The van der Waals surface area contributed by atoms with Gasteiger partial charge in [0, 0.05) is 25.2 Å². The summed E-state index contributed by atoms with van der Waals surface area (Å²) in [7, 11) is 0. The third-order valence-electron chi connectivity index (χ3n) is 4.55. The quantitative estimate of drug-likeness (QED) is 0.646. The van der Waals surface area contributed by atoms with Crippen molar-refractivity contribution >= 4 is 0 Å². The van der Waals surface area contributed by atoms with E-state index in [4.69, 9.17) is 0 Å². The molecule has 0 amide bonds. The molecule has 0 unspecified atom stereocenters. The average Bonchev–Trinajstić information content (AvgIpc) is 3.20. The van der Waals surface area contributed by atoms with Gasteiger partial charge in [0.15, 0.2) is 0 Å². The highest BCUT2D eigenvalue weighted by Gasteiger charge is 2.40. The van der Waals surface area contributed by atoms with Gasteiger partial charge in [-0.1, -0.05) is 12.8 Å². The summed E-state index contributed by atoms with van der Waals surface area (Å²) in [5.41, 5.74) is 0. The van der Waals surface area contributed by atoms with Gasteiger partial charge in [-0.2, -0.15) is 0 Å². The van der Waals surface area contributed by atoms with Crippen molar-refractivity contribution in [3.05, 3.63) is 0 Å². The lowest BCUT2D eigenvalue weighted by Crippen LogP contribution is -2.39. The van der Waals surface area contributed by atoms with E-state index in [0.717, 1.165) is 23.9 Å². The third-order valence-corrected chi connectivity index (χ3v) is 4.55. The summed E-state index contributed by atoms with van der Waals surface area (Å²) < 4.78 is 0. The van der Waals surface area contributed by atoms with Crippen molar-refractivity contribution in [2.45, 2.75) is 63.5 Å². The first-order valence-corrected chi connectivity index (χ1v) is 7.40. The molecule has 2 N–H and O–H groups in total. The molecule has 0 spiro atoms. The standard InChI is InChI=1S/C14H26N2/c1-2-4-13(3-1)15-9-10-16-14(11-5-6-11)12-7-8-12/h11-16H,1-10H2. The number of nitrogens with one attached hydrogen (secondary N) is 2. The van der Waals surface area contributed by atoms with Crippen molar-refractivity contribution < 1.29 is 0 Å². The lowest BCUT2D eigenvalue weighted by Gasteiger charge is -2.19. The zero-order chi connectivity index (χ0) is 10.8. The van der Waals surface area contributed by atoms with Crippen LogP contribution in [-0.2, 0) is 0 Å². The van der Waals surface area contributed by atoms with Gasteiger partial charge in [0.1, 0.15) is 0 Å². The van der Waals surface area contributed by atoms with Gasteiger partial charge in [0.05, 0.1) is 0 Å². The topological polar surface area (TPSA) is 24.1 Å². The molecule has 0 aromatic rings. The normalized spacial score (nSPS) is 26.8. The van der Waals surface area contributed by atoms with Gasteiger partial charge in [0.25, 0.3) is 0 Å². The van der Waals surface area contributed by atoms with Crippen LogP contribution in [-0.4, -0.2) is 25.2 Å². The summed E-state index contributed by atoms with van der Waals surface area (Å²) in [5, 5.41) is 7.50. The summed E-state index contributed by atoms with van der Waals surface area (Å²) in [4.78, 5) is 0. The Bertz CT molecular complexity index is 203. The third kappa shape index (κ3) is 2.98. The first-order chi connectivity index (χ1) is 7.93. The Morgan fingerprint density at radius 1 is 0.812 bits per heavy atom. The predicted molar refractivity (Wildman–Crippen MR) is 67.5 cm³/mol. The van der Waals surface area contributed by atoms with E-state index >= 15 is 0 Å². The molecule has 3 aliphatic carbocycles. The van der Waals surface area contributed by atoms with Crippen LogP contribution in [0.4, 0.5) is 0 Å². The Hall–Kier alpha value is -0.0800. The zero-order valence-electron chi connectivity index (χ0n) is 10.4. The van der Waals surface area contributed by atoms with E-state index in [-0.39, 0.29) is 0 Å². The minimum absolute atomic E-state index is 0.835. The predicted octanol–water partition coefficient (Wildman–Crippen LogP) is 2.30. The van der Waals surface area contributed by atoms with Crippen molar-refractivity contribution in [2.75, 3.05) is 13.1 Å². The van der Waals surface area contributed by atoms with Gasteiger partial charge in [0.2, 0.25) is 0 Å². The van der Waals surface area contributed by atoms with E-state index in [9.17, 15) is 0 Å². The van der Waals surface area contributed by atoms with E-state index in [1.165, 1.54) is 64.5 Å². The monoisotopic (exact) mass is 222 g/mol. The fraction of sp³-hybridized carbons (Fsp3) is 1.00. The van der Waals surface area contributed by atoms with E-state index < -0.39 is 0 Å². The van der Waals surface area contributed by atoms with Crippen molar-refractivity contribution in [2.24, 2.45) is 11.8 Å². The first kappa shape index (κ1) is 11.0. The fourth-order valence-corrected chi connectivity index (χ4v) is 3.27. The van der Waals surface area contributed by atoms with Gasteiger partial charge in [-0.05, 0) is 50.4 Å². The van der Waals surface area contributed by atoms with Gasteiger partial charge in [-0.25, -0.2) is 0 Å². The van der Waals surface area contributed by atoms with E-state index in [1.807, 2.05) is 0 Å². The lowest BCUT2D eigenvalue weighted by atomic mass is 10.1. The molecule has 92 valence electrons. The van der Waals surface area contributed by atoms with Crippen LogP contribution < -0.4 is 10.6 Å². The number of hydrogen-bond donors (Lipinski definition) is 2. The second-order valence-electron chi connectivity index (χ2n) is 6.09. The molecule has 0 aliphatic heterocycles. The lowest BCUT2D eigenvalue weighted by molar-refractivity contribution is 0.405. The first-order valence-electron chi connectivity index (χ1n) is 7.40. The van der Waals surface area contributed by atoms with Crippen LogP contribution in [0.2, 0.25) is 0 Å². The van der Waals surface area contributed by atoms with Gasteiger partial charge in [-0.15, -0.1) is 0 Å². The molecule has 2 heteroatoms. The molecule has 0 radical (unpaired) electrons. The Kier molecular flexibility index (Phi) is 3.49. The molecule has 16 heavy (non-hydrogen) atoms. The molecular formula is C14H26N2. The summed E-state index contributed by atoms with van der Waals surface area (Å²) in [6.07, 6.45) is 11.7. The Morgan fingerprint density at radius 3 is 2.00 bits per heavy atom. The van der Waals surface area contributed by atoms with Crippen LogP contribution in [0.1, 0.15) is 51.4 Å². The van der Waals surface area contributed by atoms with Gasteiger partial charge >= 0.3 is 0 Å². The number of rotatable bonds is 7. The molecule has 2 nitrogen and oxygen atoms in total. The highest BCUT2D eigenvalue weighted by Crippen LogP contribution is 2.44. The molecule has 3 aliphatic rings. The van der Waals surface area contributed by atoms with Crippen LogP contribution in [0.5, 0.6) is 0 Å². The minimum atomic E-state index is 0.835. The zero-order valence-corrected chi connectivity index (χ0v) is 10.4. The summed E-state index contributed by atoms with van der Waals surface area (Å²) in [6.45, 7) is 2.37. The maximum Gasteiger partial charge on any atom is 0.0124 e. The molecule has 0 saturated heterocycles. The Morgan fingerprint density at radius 2 is 1.44 bits per heavy atom. The van der Waals surface area contributed by atoms with Crippen LogP contribution >= 0.6 is 0 Å². The van der Waals surface area contributed by atoms with E-state index in [0.29, 0.717) is 0 Å². The van der Waals surface area contributed by atoms with Crippen molar-refractivity contribution in [3.63, 3.8) is 0 Å². The molecular weight excluding hydrogens is 196 g/mol. The maximum absolute atomic E-state index is 3.81. The summed E-state index contributed by atoms with van der Waals surface area (Å²) in [5.74, 6) is 2.08. The van der Waals surface area contributed by atoms with E-state index in [1.54, 1.807) is 0 Å². The van der Waals surface area contributed by atoms with Gasteiger partial charge < -0.3 is 10.6 Å². The van der Waals surface area contributed by atoms with Crippen LogP contribution in [0.15, 0.2) is 0 Å². The fourth-order valence-electron chi connectivity index (χ4n) is 3.27. The molecule has 0 aromatic carbocycles. The van der Waals surface area contributed by atoms with Gasteiger partial charge in [-0.3, -0.25) is 0 Å². The molecule has 0 bridgehead atoms.